The molecule has 1 atom stereocenters. The second kappa shape index (κ2) is 7.89. The van der Waals surface area contributed by atoms with Crippen molar-refractivity contribution in [3.8, 4) is 0 Å². The first-order chi connectivity index (χ1) is 12.9. The molecular weight excluding hydrogens is 386 g/mol. The van der Waals surface area contributed by atoms with Gasteiger partial charge < -0.3 is 10.2 Å². The van der Waals surface area contributed by atoms with E-state index < -0.39 is 23.9 Å². The maximum atomic E-state index is 12.8. The van der Waals surface area contributed by atoms with Gasteiger partial charge in [0.05, 0.1) is 4.91 Å². The molecule has 6 nitrogen and oxygen atoms in total. The molecule has 0 saturated carbocycles. The first kappa shape index (κ1) is 19.1. The van der Waals surface area contributed by atoms with Crippen LogP contribution >= 0.6 is 24.0 Å². The van der Waals surface area contributed by atoms with Crippen LogP contribution in [0.3, 0.4) is 0 Å². The van der Waals surface area contributed by atoms with E-state index in [1.54, 1.807) is 6.08 Å². The van der Waals surface area contributed by atoms with Crippen LogP contribution in [0.5, 0.6) is 0 Å². The molecule has 2 aromatic carbocycles. The summed E-state index contributed by atoms with van der Waals surface area (Å²) in [5, 5.41) is 20.2. The van der Waals surface area contributed by atoms with E-state index >= 15 is 0 Å². The summed E-state index contributed by atoms with van der Waals surface area (Å²) in [5.41, 5.74) is 0.825. The molecule has 0 bridgehead atoms. The lowest BCUT2D eigenvalue weighted by Gasteiger charge is -2.22. The number of carboxylic acids is 2. The molecule has 2 N–H and O–H groups in total. The number of thiocarbonyl (C=S) groups is 1. The van der Waals surface area contributed by atoms with Gasteiger partial charge in [0, 0.05) is 6.42 Å². The quantitative estimate of drug-likeness (QED) is 0.566. The predicted molar refractivity (Wildman–Crippen MR) is 107 cm³/mol. The van der Waals surface area contributed by atoms with Crippen LogP contribution in [0.1, 0.15) is 18.4 Å². The first-order valence-corrected chi connectivity index (χ1v) is 9.30. The molecule has 1 heterocycles. The average molecular weight is 401 g/mol. The second-order valence-electron chi connectivity index (χ2n) is 5.91. The van der Waals surface area contributed by atoms with E-state index in [1.807, 2.05) is 42.5 Å². The fraction of sp³-hybridized carbons (Fsp3) is 0.158. The van der Waals surface area contributed by atoms with Crippen LogP contribution in [-0.4, -0.2) is 43.3 Å². The van der Waals surface area contributed by atoms with E-state index in [4.69, 9.17) is 17.3 Å². The summed E-state index contributed by atoms with van der Waals surface area (Å²) in [6.07, 6.45) is 1.12. The lowest BCUT2D eigenvalue weighted by Crippen LogP contribution is -2.44. The number of carboxylic acid groups (broad SMARTS) is 2. The lowest BCUT2D eigenvalue weighted by atomic mass is 10.0. The van der Waals surface area contributed by atoms with Crippen molar-refractivity contribution in [1.29, 1.82) is 0 Å². The molecule has 1 aliphatic heterocycles. The van der Waals surface area contributed by atoms with E-state index in [-0.39, 0.29) is 17.2 Å². The zero-order valence-electron chi connectivity index (χ0n) is 14.0. The number of fused-ring (bicyclic) bond motifs is 1. The van der Waals surface area contributed by atoms with Crippen molar-refractivity contribution < 1.29 is 24.6 Å². The summed E-state index contributed by atoms with van der Waals surface area (Å²) in [5.74, 6) is -2.92. The van der Waals surface area contributed by atoms with Gasteiger partial charge in [-0.15, -0.1) is 0 Å². The van der Waals surface area contributed by atoms with Crippen LogP contribution < -0.4 is 0 Å². The van der Waals surface area contributed by atoms with Crippen LogP contribution in [0, 0.1) is 0 Å². The maximum Gasteiger partial charge on any atom is 0.326 e. The van der Waals surface area contributed by atoms with Crippen LogP contribution in [0.15, 0.2) is 47.4 Å². The molecule has 0 aromatic heterocycles. The Morgan fingerprint density at radius 3 is 2.56 bits per heavy atom. The highest BCUT2D eigenvalue weighted by molar-refractivity contribution is 8.26. The van der Waals surface area contributed by atoms with Gasteiger partial charge in [-0.2, -0.15) is 0 Å². The van der Waals surface area contributed by atoms with Crippen LogP contribution in [-0.2, 0) is 14.4 Å². The highest BCUT2D eigenvalue weighted by Gasteiger charge is 2.40. The van der Waals surface area contributed by atoms with Gasteiger partial charge in [-0.05, 0) is 28.8 Å². The number of carbonyl (C=O) groups is 3. The highest BCUT2D eigenvalue weighted by atomic mass is 32.2. The van der Waals surface area contributed by atoms with Crippen molar-refractivity contribution in [2.24, 2.45) is 0 Å². The Balaban J connectivity index is 1.94. The molecule has 0 spiro atoms. The third-order valence-electron chi connectivity index (χ3n) is 4.16. The predicted octanol–water partition coefficient (Wildman–Crippen LogP) is 3.36. The number of thioether (sulfide) groups is 1. The molecule has 1 fully saturated rings. The Labute approximate surface area is 164 Å². The van der Waals surface area contributed by atoms with Crippen molar-refractivity contribution in [3.05, 3.63) is 52.9 Å². The van der Waals surface area contributed by atoms with Gasteiger partial charge >= 0.3 is 11.9 Å². The third-order valence-corrected chi connectivity index (χ3v) is 5.49. The normalized spacial score (nSPS) is 16.9. The Bertz CT molecular complexity index is 980. The average Bonchev–Trinajstić information content (AvgIpc) is 2.89. The molecule has 27 heavy (non-hydrogen) atoms. The SMILES string of the molecule is O=C(O)CCC(C(=O)O)N1C(=O)/C(=C/c2cccc3ccccc23)SC1=S. The van der Waals surface area contributed by atoms with Crippen molar-refractivity contribution in [3.63, 3.8) is 0 Å². The van der Waals surface area contributed by atoms with Crippen molar-refractivity contribution >= 4 is 63.0 Å². The number of rotatable bonds is 6. The minimum absolute atomic E-state index is 0.115. The molecule has 1 saturated heterocycles. The molecule has 3 rings (SSSR count). The molecule has 1 amide bonds. The smallest absolute Gasteiger partial charge is 0.326 e. The molecule has 1 unspecified atom stereocenters. The summed E-state index contributed by atoms with van der Waals surface area (Å²) < 4.78 is 0.115. The third kappa shape index (κ3) is 4.01. The minimum atomic E-state index is -1.30. The van der Waals surface area contributed by atoms with E-state index in [0.717, 1.165) is 33.0 Å². The zero-order valence-corrected chi connectivity index (χ0v) is 15.6. The Kier molecular flexibility index (Phi) is 5.57. The summed E-state index contributed by atoms with van der Waals surface area (Å²) in [7, 11) is 0. The summed E-state index contributed by atoms with van der Waals surface area (Å²) in [6, 6.07) is 12.1. The number of hydrogen-bond donors (Lipinski definition) is 2. The Morgan fingerprint density at radius 2 is 1.85 bits per heavy atom. The van der Waals surface area contributed by atoms with Crippen LogP contribution in [0.4, 0.5) is 0 Å². The molecule has 8 heteroatoms. The van der Waals surface area contributed by atoms with Gasteiger partial charge in [0.15, 0.2) is 0 Å². The number of hydrogen-bond acceptors (Lipinski definition) is 5. The van der Waals surface area contributed by atoms with Crippen molar-refractivity contribution in [1.82, 2.24) is 4.90 Å². The highest BCUT2D eigenvalue weighted by Crippen LogP contribution is 2.35. The molecule has 138 valence electrons. The molecule has 0 aliphatic carbocycles. The first-order valence-electron chi connectivity index (χ1n) is 8.08. The van der Waals surface area contributed by atoms with E-state index in [1.165, 1.54) is 0 Å². The fourth-order valence-corrected chi connectivity index (χ4v) is 4.24. The number of aliphatic carboxylic acids is 2. The molecule has 0 radical (unpaired) electrons. The van der Waals surface area contributed by atoms with Crippen molar-refractivity contribution in [2.45, 2.75) is 18.9 Å². The minimum Gasteiger partial charge on any atom is -0.481 e. The molecular formula is C19H15NO5S2. The van der Waals surface area contributed by atoms with Crippen LogP contribution in [0.2, 0.25) is 0 Å². The fourth-order valence-electron chi connectivity index (χ4n) is 2.89. The number of benzene rings is 2. The molecule has 2 aromatic rings. The van der Waals surface area contributed by atoms with E-state index in [0.29, 0.717) is 4.91 Å². The number of nitrogens with zero attached hydrogens (tertiary/aromatic N) is 1. The topological polar surface area (TPSA) is 94.9 Å². The zero-order chi connectivity index (χ0) is 19.6. The monoisotopic (exact) mass is 401 g/mol. The standard InChI is InChI=1S/C19H15NO5S2/c21-16(22)9-8-14(18(24)25)20-17(23)15(27-19(20)26)10-12-6-3-5-11-4-1-2-7-13(11)12/h1-7,10,14H,8-9H2,(H,21,22)(H,24,25)/b15-10-. The number of amides is 1. The summed E-state index contributed by atoms with van der Waals surface area (Å²) in [6.45, 7) is 0. The number of carbonyl (C=O) groups excluding carboxylic acids is 1. The second-order valence-corrected chi connectivity index (χ2v) is 7.58. The van der Waals surface area contributed by atoms with Crippen molar-refractivity contribution in [2.75, 3.05) is 0 Å². The summed E-state index contributed by atoms with van der Waals surface area (Å²) in [4.78, 5) is 36.4. The van der Waals surface area contributed by atoms with E-state index in [9.17, 15) is 19.5 Å². The van der Waals surface area contributed by atoms with Gasteiger partial charge in [-0.1, -0.05) is 66.4 Å². The van der Waals surface area contributed by atoms with Gasteiger partial charge in [-0.3, -0.25) is 14.5 Å². The Morgan fingerprint density at radius 1 is 1.15 bits per heavy atom. The Hall–Kier alpha value is -2.71. The van der Waals surface area contributed by atoms with E-state index in [2.05, 4.69) is 0 Å². The maximum absolute atomic E-state index is 12.8. The van der Waals surface area contributed by atoms with Gasteiger partial charge in [-0.25, -0.2) is 4.79 Å². The lowest BCUT2D eigenvalue weighted by molar-refractivity contribution is -0.146. The van der Waals surface area contributed by atoms with Crippen LogP contribution in [0.25, 0.3) is 16.8 Å². The summed E-state index contributed by atoms with van der Waals surface area (Å²) >= 11 is 6.22. The largest absolute Gasteiger partial charge is 0.481 e. The van der Waals surface area contributed by atoms with Gasteiger partial charge in [0.25, 0.3) is 5.91 Å². The van der Waals surface area contributed by atoms with Gasteiger partial charge in [0.2, 0.25) is 0 Å². The van der Waals surface area contributed by atoms with Gasteiger partial charge in [0.1, 0.15) is 10.4 Å². The molecule has 1 aliphatic rings.